The van der Waals surface area contributed by atoms with Gasteiger partial charge in [0, 0.05) is 41.5 Å². The van der Waals surface area contributed by atoms with Crippen molar-refractivity contribution in [3.05, 3.63) is 76.4 Å². The molecule has 214 valence electrons. The maximum atomic E-state index is 14.6. The zero-order valence-corrected chi connectivity index (χ0v) is 24.3. The maximum absolute atomic E-state index is 14.6. The second-order valence-electron chi connectivity index (χ2n) is 10.9. The zero-order valence-electron chi connectivity index (χ0n) is 24.3. The van der Waals surface area contributed by atoms with E-state index in [2.05, 4.69) is 11.7 Å². The highest BCUT2D eigenvalue weighted by atomic mass is 19.1. The molecule has 2 aromatic carbocycles. The summed E-state index contributed by atoms with van der Waals surface area (Å²) in [7, 11) is 3.25. The number of aryl methyl sites for hydroxylation is 1. The third-order valence-corrected chi connectivity index (χ3v) is 7.01. The molecule has 9 nitrogen and oxygen atoms in total. The fraction of sp³-hybridized carbons (Fsp3) is 0.290. The van der Waals surface area contributed by atoms with Crippen LogP contribution in [0.2, 0.25) is 0 Å². The summed E-state index contributed by atoms with van der Waals surface area (Å²) in [5, 5.41) is 4.73. The van der Waals surface area contributed by atoms with Crippen molar-refractivity contribution in [2.75, 3.05) is 14.2 Å². The van der Waals surface area contributed by atoms with Gasteiger partial charge in [-0.05, 0) is 82.8 Å². The average Bonchev–Trinajstić information content (AvgIpc) is 3.30. The number of nitrogens with two attached hydrogens (primary N) is 1. The fourth-order valence-corrected chi connectivity index (χ4v) is 4.60. The van der Waals surface area contributed by atoms with Crippen LogP contribution in [0.5, 0.6) is 11.5 Å². The van der Waals surface area contributed by atoms with Crippen molar-refractivity contribution < 1.29 is 23.5 Å². The Morgan fingerprint density at radius 3 is 2.54 bits per heavy atom. The summed E-state index contributed by atoms with van der Waals surface area (Å²) in [6.07, 6.45) is 2.87. The Morgan fingerprint density at radius 1 is 1.24 bits per heavy atom. The molecule has 1 aliphatic heterocycles. The van der Waals surface area contributed by atoms with Gasteiger partial charge in [0.2, 0.25) is 5.91 Å². The van der Waals surface area contributed by atoms with Gasteiger partial charge < -0.3 is 20.1 Å². The van der Waals surface area contributed by atoms with Gasteiger partial charge in [-0.1, -0.05) is 0 Å². The summed E-state index contributed by atoms with van der Waals surface area (Å²) in [6, 6.07) is 8.17. The molecule has 10 heteroatoms. The quantitative estimate of drug-likeness (QED) is 0.242. The number of fused-ring (bicyclic) bond motifs is 3. The Kier molecular flexibility index (Phi) is 7.87. The van der Waals surface area contributed by atoms with Crippen LogP contribution in [0.1, 0.15) is 54.9 Å². The van der Waals surface area contributed by atoms with Crippen molar-refractivity contribution in [1.82, 2.24) is 14.7 Å². The molecule has 2 amide bonds. The van der Waals surface area contributed by atoms with Crippen molar-refractivity contribution in [3.8, 4) is 28.4 Å². The summed E-state index contributed by atoms with van der Waals surface area (Å²) >= 11 is 0. The van der Waals surface area contributed by atoms with E-state index >= 15 is 0 Å². The molecule has 4 rings (SSSR count). The molecule has 0 fully saturated rings. The van der Waals surface area contributed by atoms with Crippen molar-refractivity contribution in [3.63, 3.8) is 0 Å². The number of hydrogen-bond donors (Lipinski definition) is 1. The molecule has 0 spiro atoms. The molecule has 0 bridgehead atoms. The van der Waals surface area contributed by atoms with E-state index in [1.54, 1.807) is 48.7 Å². The lowest BCUT2D eigenvalue weighted by atomic mass is 9.95. The molecule has 2 heterocycles. The minimum absolute atomic E-state index is 0.0760. The number of amides is 2. The Morgan fingerprint density at radius 2 is 1.95 bits per heavy atom. The number of rotatable bonds is 7. The van der Waals surface area contributed by atoms with Crippen LogP contribution in [0.15, 0.2) is 53.2 Å². The Labute approximate surface area is 238 Å². The van der Waals surface area contributed by atoms with Crippen LogP contribution in [0.4, 0.5) is 4.39 Å². The van der Waals surface area contributed by atoms with Gasteiger partial charge in [-0.15, -0.1) is 0 Å². The smallest absolute Gasteiger partial charge is 0.274 e. The Bertz CT molecular complexity index is 1610. The van der Waals surface area contributed by atoms with Gasteiger partial charge in [-0.2, -0.15) is 5.10 Å². The average molecular weight is 560 g/mol. The fourth-order valence-electron chi connectivity index (χ4n) is 4.60. The number of nitrogens with zero attached hydrogens (tertiary/aromatic N) is 4. The van der Waals surface area contributed by atoms with Gasteiger partial charge in [0.1, 0.15) is 23.9 Å². The summed E-state index contributed by atoms with van der Waals surface area (Å²) in [5.74, 6) is -0.378. The van der Waals surface area contributed by atoms with Crippen molar-refractivity contribution in [2.24, 2.45) is 10.7 Å². The van der Waals surface area contributed by atoms with E-state index in [0.717, 1.165) is 0 Å². The van der Waals surface area contributed by atoms with Gasteiger partial charge in [0.15, 0.2) is 5.69 Å². The molecule has 0 atom stereocenters. The maximum Gasteiger partial charge on any atom is 0.274 e. The highest BCUT2D eigenvalue weighted by Crippen LogP contribution is 2.45. The van der Waals surface area contributed by atoms with Gasteiger partial charge in [-0.25, -0.2) is 9.07 Å². The highest BCUT2D eigenvalue weighted by molar-refractivity contribution is 5.98. The first-order valence-electron chi connectivity index (χ1n) is 12.9. The van der Waals surface area contributed by atoms with E-state index in [1.165, 1.54) is 25.4 Å². The zero-order chi connectivity index (χ0) is 30.2. The molecule has 41 heavy (non-hydrogen) atoms. The standard InChI is InChI=1S/C31H34FN5O4/c1-17-9-20(32)12-21(10-17)37-28-23-13-22(18(2)11-19(15-34-6)29(33)38)25(40-8)14-26(23)41-16-24(28)27(35-37)30(39)36(7)31(3,4)5/h9-15H,6,16H2,1-5,7-8H3,(H2,33,38)/b18-11+,19-15+. The van der Waals surface area contributed by atoms with Crippen LogP contribution in [0.25, 0.3) is 22.5 Å². The monoisotopic (exact) mass is 559 g/mol. The van der Waals surface area contributed by atoms with E-state index in [9.17, 15) is 14.0 Å². The van der Waals surface area contributed by atoms with Crippen molar-refractivity contribution >= 4 is 24.1 Å². The lowest BCUT2D eigenvalue weighted by molar-refractivity contribution is -0.114. The van der Waals surface area contributed by atoms with Gasteiger partial charge in [0.05, 0.1) is 24.1 Å². The van der Waals surface area contributed by atoms with E-state index in [0.29, 0.717) is 50.7 Å². The molecule has 0 saturated carbocycles. The van der Waals surface area contributed by atoms with Crippen molar-refractivity contribution in [1.29, 1.82) is 0 Å². The third kappa shape index (κ3) is 5.63. The van der Waals surface area contributed by atoms with Crippen LogP contribution in [0.3, 0.4) is 0 Å². The van der Waals surface area contributed by atoms with Crippen molar-refractivity contribution in [2.45, 2.75) is 46.8 Å². The van der Waals surface area contributed by atoms with Crippen LogP contribution in [-0.4, -0.2) is 52.9 Å². The summed E-state index contributed by atoms with van der Waals surface area (Å²) in [5.41, 5.74) is 9.67. The highest BCUT2D eigenvalue weighted by Gasteiger charge is 2.34. The number of primary amides is 1. The predicted molar refractivity (Wildman–Crippen MR) is 157 cm³/mol. The normalized spacial score (nSPS) is 13.2. The number of methoxy groups -OCH3 is 1. The SMILES string of the molecule is C=N/C=C(\C=C(/C)c1cc2c(cc1OC)OCc1c(C(=O)N(C)C(C)(C)C)nn(-c3cc(C)cc(F)c3)c1-2)C(N)=O. The summed E-state index contributed by atoms with van der Waals surface area (Å²) in [6.45, 7) is 12.9. The van der Waals surface area contributed by atoms with Crippen LogP contribution < -0.4 is 15.2 Å². The Balaban J connectivity index is 2.02. The lowest BCUT2D eigenvalue weighted by Crippen LogP contribution is -2.43. The number of aromatic nitrogens is 2. The number of aliphatic imine (C=N–C) groups is 1. The third-order valence-electron chi connectivity index (χ3n) is 7.01. The largest absolute Gasteiger partial charge is 0.496 e. The van der Waals surface area contributed by atoms with Gasteiger partial charge in [-0.3, -0.25) is 14.6 Å². The molecule has 0 unspecified atom stereocenters. The lowest BCUT2D eigenvalue weighted by Gasteiger charge is -2.31. The van der Waals surface area contributed by atoms with Gasteiger partial charge >= 0.3 is 0 Å². The Hall–Kier alpha value is -4.73. The van der Waals surface area contributed by atoms with E-state index in [-0.39, 0.29) is 23.8 Å². The number of ether oxygens (including phenoxy) is 2. The van der Waals surface area contributed by atoms with E-state index in [1.807, 2.05) is 26.8 Å². The molecule has 0 aliphatic carbocycles. The molecule has 2 N–H and O–H groups in total. The first-order valence-corrected chi connectivity index (χ1v) is 12.9. The van der Waals surface area contributed by atoms with Gasteiger partial charge in [0.25, 0.3) is 5.91 Å². The van der Waals surface area contributed by atoms with E-state index < -0.39 is 17.3 Å². The molecule has 0 radical (unpaired) electrons. The minimum Gasteiger partial charge on any atom is -0.496 e. The minimum atomic E-state index is -0.662. The number of halogens is 1. The summed E-state index contributed by atoms with van der Waals surface area (Å²) < 4.78 is 28.0. The number of hydrogen-bond acceptors (Lipinski definition) is 6. The first-order chi connectivity index (χ1) is 19.3. The second kappa shape index (κ2) is 11.0. The second-order valence-corrected chi connectivity index (χ2v) is 10.9. The van der Waals surface area contributed by atoms with Crippen LogP contribution in [0, 0.1) is 12.7 Å². The van der Waals surface area contributed by atoms with Crippen LogP contribution in [-0.2, 0) is 11.4 Å². The molecule has 0 saturated heterocycles. The molecular formula is C31H34FN5O4. The molecule has 1 aliphatic rings. The number of allylic oxidation sites excluding steroid dienone is 1. The first kappa shape index (κ1) is 29.3. The molecule has 3 aromatic rings. The summed E-state index contributed by atoms with van der Waals surface area (Å²) in [4.78, 5) is 30.9. The number of benzene rings is 2. The molecular weight excluding hydrogens is 525 g/mol. The number of carbonyl (C=O) groups is 2. The number of carbonyl (C=O) groups excluding carboxylic acids is 2. The van der Waals surface area contributed by atoms with E-state index in [4.69, 9.17) is 20.3 Å². The predicted octanol–water partition coefficient (Wildman–Crippen LogP) is 5.23. The topological polar surface area (TPSA) is 112 Å². The van der Waals surface area contributed by atoms with Crippen LogP contribution >= 0.6 is 0 Å². The molecule has 1 aromatic heterocycles.